The molecule has 3 atom stereocenters. The molecule has 0 bridgehead atoms. The van der Waals surface area contributed by atoms with Gasteiger partial charge >= 0.3 is 24.3 Å². The molecule has 38 heavy (non-hydrogen) atoms. The Morgan fingerprint density at radius 3 is 2.24 bits per heavy atom. The lowest BCUT2D eigenvalue weighted by Crippen LogP contribution is -2.51. The number of aryl methyl sites for hydroxylation is 1. The summed E-state index contributed by atoms with van der Waals surface area (Å²) in [6.45, 7) is 3.24. The Kier molecular flexibility index (Phi) is 11.0. The average Bonchev–Trinajstić information content (AvgIpc) is 3.44. The molecule has 1 aliphatic heterocycles. The summed E-state index contributed by atoms with van der Waals surface area (Å²) in [4.78, 5) is 24.6. The van der Waals surface area contributed by atoms with Crippen molar-refractivity contribution in [2.24, 2.45) is 7.05 Å². The number of carboxylic acid groups (broad SMARTS) is 2. The molecule has 2 fully saturated rings. The molecule has 3 heterocycles. The van der Waals surface area contributed by atoms with E-state index in [1.807, 2.05) is 42.3 Å². The van der Waals surface area contributed by atoms with Gasteiger partial charge in [-0.2, -0.15) is 31.4 Å². The summed E-state index contributed by atoms with van der Waals surface area (Å²) in [5.41, 5.74) is 2.24. The summed E-state index contributed by atoms with van der Waals surface area (Å²) < 4.78 is 77.5. The molecule has 1 saturated heterocycles. The number of hydrogen-bond acceptors (Lipinski definition) is 7. The van der Waals surface area contributed by atoms with Gasteiger partial charge in [0.15, 0.2) is 0 Å². The number of ether oxygens (including phenoxy) is 2. The average molecular weight is 556 g/mol. The third-order valence-corrected chi connectivity index (χ3v) is 5.45. The molecule has 1 saturated carbocycles. The van der Waals surface area contributed by atoms with Crippen molar-refractivity contribution in [3.8, 4) is 0 Å². The van der Waals surface area contributed by atoms with Crippen molar-refractivity contribution in [1.82, 2.24) is 19.7 Å². The van der Waals surface area contributed by atoms with Crippen LogP contribution in [0.25, 0.3) is 0 Å². The number of aromatic nitrogens is 3. The molecular formula is C22H26F6N4O6. The molecule has 2 aromatic rings. The lowest BCUT2D eigenvalue weighted by Gasteiger charge is -2.38. The third-order valence-electron chi connectivity index (χ3n) is 5.45. The minimum Gasteiger partial charge on any atom is -0.475 e. The van der Waals surface area contributed by atoms with Gasteiger partial charge in [-0.3, -0.25) is 14.6 Å². The zero-order chi connectivity index (χ0) is 28.5. The second kappa shape index (κ2) is 13.5. The highest BCUT2D eigenvalue weighted by Gasteiger charge is 2.43. The standard InChI is InChI=1S/C18H24N4O2.2C2HF3O2/c1-21-11-14(10-20-21)12-22-8-9-23-18-16(22)5-6-17(18)24-13-15-4-2-3-7-19-15;2*3-2(4,5)1(6)7/h2-4,7,10-11,16-18H,5-6,8-9,12-13H2,1H3;2*(H,6,7)/t16-,17-,18+;;/m0../s1. The van der Waals surface area contributed by atoms with Crippen molar-refractivity contribution in [3.63, 3.8) is 0 Å². The number of pyridine rings is 1. The monoisotopic (exact) mass is 556 g/mol. The van der Waals surface area contributed by atoms with E-state index >= 15 is 0 Å². The largest absolute Gasteiger partial charge is 0.490 e. The van der Waals surface area contributed by atoms with Crippen molar-refractivity contribution in [2.75, 3.05) is 13.2 Å². The second-order valence-electron chi connectivity index (χ2n) is 8.25. The minimum absolute atomic E-state index is 0.161. The minimum atomic E-state index is -5.08. The SMILES string of the molecule is Cn1cc(CN2CCO[C@H]3[C@@H](OCc4ccccn4)CC[C@@H]32)cn1.O=C(O)C(F)(F)F.O=C(O)C(F)(F)F. The number of nitrogens with zero attached hydrogens (tertiary/aromatic N) is 4. The lowest BCUT2D eigenvalue weighted by molar-refractivity contribution is -0.193. The molecule has 0 spiro atoms. The third kappa shape index (κ3) is 9.90. The van der Waals surface area contributed by atoms with Gasteiger partial charge in [0.25, 0.3) is 0 Å². The summed E-state index contributed by atoms with van der Waals surface area (Å²) >= 11 is 0. The van der Waals surface area contributed by atoms with E-state index in [-0.39, 0.29) is 12.2 Å². The molecule has 1 aliphatic carbocycles. The van der Waals surface area contributed by atoms with Crippen LogP contribution in [0.1, 0.15) is 24.1 Å². The van der Waals surface area contributed by atoms with Gasteiger partial charge in [0, 0.05) is 44.1 Å². The molecule has 0 amide bonds. The van der Waals surface area contributed by atoms with Crippen molar-refractivity contribution >= 4 is 11.9 Å². The molecule has 2 N–H and O–H groups in total. The summed E-state index contributed by atoms with van der Waals surface area (Å²) in [6.07, 6.45) is -1.82. The molecular weight excluding hydrogens is 530 g/mol. The fourth-order valence-corrected chi connectivity index (χ4v) is 3.83. The summed E-state index contributed by atoms with van der Waals surface area (Å²) in [5, 5.41) is 18.5. The Hall–Kier alpha value is -3.24. The molecule has 4 rings (SSSR count). The Bertz CT molecular complexity index is 1010. The van der Waals surface area contributed by atoms with E-state index < -0.39 is 24.3 Å². The van der Waals surface area contributed by atoms with Gasteiger partial charge in [0.05, 0.1) is 37.3 Å². The second-order valence-corrected chi connectivity index (χ2v) is 8.25. The predicted octanol–water partition coefficient (Wildman–Crippen LogP) is 3.03. The summed E-state index contributed by atoms with van der Waals surface area (Å²) in [5.74, 6) is -5.51. The molecule has 2 aromatic heterocycles. The van der Waals surface area contributed by atoms with Gasteiger partial charge < -0.3 is 19.7 Å². The van der Waals surface area contributed by atoms with E-state index in [0.717, 1.165) is 38.2 Å². The van der Waals surface area contributed by atoms with Crippen LogP contribution in [0, 0.1) is 0 Å². The van der Waals surface area contributed by atoms with Crippen LogP contribution in [-0.2, 0) is 39.3 Å². The number of alkyl halides is 6. The first-order chi connectivity index (χ1) is 17.7. The van der Waals surface area contributed by atoms with Crippen LogP contribution in [0.3, 0.4) is 0 Å². The summed E-state index contributed by atoms with van der Waals surface area (Å²) in [7, 11) is 1.96. The van der Waals surface area contributed by atoms with Gasteiger partial charge in [0.2, 0.25) is 0 Å². The maximum absolute atomic E-state index is 10.6. The maximum Gasteiger partial charge on any atom is 0.490 e. The first kappa shape index (κ1) is 31.0. The van der Waals surface area contributed by atoms with Gasteiger partial charge in [-0.15, -0.1) is 0 Å². The van der Waals surface area contributed by atoms with E-state index in [9.17, 15) is 26.3 Å². The first-order valence-electron chi connectivity index (χ1n) is 11.1. The van der Waals surface area contributed by atoms with E-state index in [2.05, 4.69) is 21.2 Å². The van der Waals surface area contributed by atoms with Crippen LogP contribution >= 0.6 is 0 Å². The van der Waals surface area contributed by atoms with Crippen molar-refractivity contribution in [2.45, 2.75) is 56.6 Å². The smallest absolute Gasteiger partial charge is 0.475 e. The van der Waals surface area contributed by atoms with E-state index in [1.165, 1.54) is 5.56 Å². The number of halogens is 6. The van der Waals surface area contributed by atoms with Gasteiger partial charge in [-0.1, -0.05) is 6.07 Å². The van der Waals surface area contributed by atoms with Gasteiger partial charge in [0.1, 0.15) is 0 Å². The van der Waals surface area contributed by atoms with E-state index in [0.29, 0.717) is 12.6 Å². The summed E-state index contributed by atoms with van der Waals surface area (Å²) in [6, 6.07) is 6.36. The van der Waals surface area contributed by atoms with Crippen LogP contribution in [0.15, 0.2) is 36.8 Å². The number of carboxylic acids is 2. The van der Waals surface area contributed by atoms with Gasteiger partial charge in [-0.05, 0) is 25.0 Å². The Morgan fingerprint density at radius 2 is 1.74 bits per heavy atom. The van der Waals surface area contributed by atoms with Crippen LogP contribution in [0.2, 0.25) is 0 Å². The highest BCUT2D eigenvalue weighted by atomic mass is 19.4. The molecule has 10 nitrogen and oxygen atoms in total. The van der Waals surface area contributed by atoms with E-state index in [1.54, 1.807) is 0 Å². The normalized spacial score (nSPS) is 21.4. The molecule has 0 radical (unpaired) electrons. The lowest BCUT2D eigenvalue weighted by atomic mass is 10.1. The quantitative estimate of drug-likeness (QED) is 0.535. The molecule has 16 heteroatoms. The molecule has 212 valence electrons. The Morgan fingerprint density at radius 1 is 1.11 bits per heavy atom. The zero-order valence-electron chi connectivity index (χ0n) is 20.0. The van der Waals surface area contributed by atoms with Crippen LogP contribution < -0.4 is 0 Å². The first-order valence-corrected chi connectivity index (χ1v) is 11.1. The van der Waals surface area contributed by atoms with Crippen LogP contribution in [-0.4, -0.2) is 85.6 Å². The highest BCUT2D eigenvalue weighted by Crippen LogP contribution is 2.33. The molecule has 0 aromatic carbocycles. The topological polar surface area (TPSA) is 127 Å². The Balaban J connectivity index is 0.000000301. The van der Waals surface area contributed by atoms with Crippen molar-refractivity contribution < 1.29 is 55.6 Å². The van der Waals surface area contributed by atoms with Gasteiger partial charge in [-0.25, -0.2) is 9.59 Å². The molecule has 0 unspecified atom stereocenters. The fourth-order valence-electron chi connectivity index (χ4n) is 3.83. The number of fused-ring (bicyclic) bond motifs is 1. The Labute approximate surface area is 212 Å². The highest BCUT2D eigenvalue weighted by molar-refractivity contribution is 5.73. The number of aliphatic carboxylic acids is 2. The van der Waals surface area contributed by atoms with Crippen molar-refractivity contribution in [1.29, 1.82) is 0 Å². The van der Waals surface area contributed by atoms with Crippen LogP contribution in [0.5, 0.6) is 0 Å². The molecule has 2 aliphatic rings. The van der Waals surface area contributed by atoms with Crippen LogP contribution in [0.4, 0.5) is 26.3 Å². The number of rotatable bonds is 5. The fraction of sp³-hybridized carbons (Fsp3) is 0.545. The predicted molar refractivity (Wildman–Crippen MR) is 117 cm³/mol. The van der Waals surface area contributed by atoms with E-state index in [4.69, 9.17) is 29.3 Å². The van der Waals surface area contributed by atoms with Crippen molar-refractivity contribution in [3.05, 3.63) is 48.0 Å². The zero-order valence-corrected chi connectivity index (χ0v) is 20.0. The number of hydrogen-bond donors (Lipinski definition) is 2. The number of carbonyl (C=O) groups is 2. The maximum atomic E-state index is 10.6. The number of morpholine rings is 1.